The molecule has 2 aliphatic rings. The van der Waals surface area contributed by atoms with Gasteiger partial charge in [-0.05, 0) is 55.3 Å². The number of aliphatic hydroxyl groups is 1. The highest BCUT2D eigenvalue weighted by molar-refractivity contribution is 5.83. The van der Waals surface area contributed by atoms with Crippen molar-refractivity contribution >= 4 is 5.78 Å². The van der Waals surface area contributed by atoms with Crippen LogP contribution < -0.4 is 0 Å². The first-order chi connectivity index (χ1) is 10.7. The topological polar surface area (TPSA) is 46.5 Å². The van der Waals surface area contributed by atoms with E-state index in [0.29, 0.717) is 24.9 Å². The average Bonchev–Trinajstić information content (AvgIpc) is 2.72. The van der Waals surface area contributed by atoms with Gasteiger partial charge in [0.15, 0.2) is 0 Å². The van der Waals surface area contributed by atoms with Gasteiger partial charge in [0, 0.05) is 18.9 Å². The van der Waals surface area contributed by atoms with Crippen molar-refractivity contribution in [3.8, 4) is 0 Å². The lowest BCUT2D eigenvalue weighted by Crippen LogP contribution is -2.42. The van der Waals surface area contributed by atoms with Crippen molar-refractivity contribution in [2.24, 2.45) is 22.7 Å². The maximum Gasteiger partial charge on any atom is 0.136 e. The summed E-state index contributed by atoms with van der Waals surface area (Å²) in [6.07, 6.45) is 6.49. The molecule has 2 rings (SSSR count). The van der Waals surface area contributed by atoms with E-state index >= 15 is 0 Å². The van der Waals surface area contributed by atoms with Crippen LogP contribution in [-0.2, 0) is 9.53 Å². The molecule has 0 aliphatic heterocycles. The molecule has 0 bridgehead atoms. The van der Waals surface area contributed by atoms with Crippen molar-refractivity contribution in [3.63, 3.8) is 0 Å². The van der Waals surface area contributed by atoms with Gasteiger partial charge in [0.1, 0.15) is 5.78 Å². The quantitative estimate of drug-likeness (QED) is 0.708. The van der Waals surface area contributed by atoms with Crippen molar-refractivity contribution in [3.05, 3.63) is 0 Å². The number of ketones is 1. The molecule has 0 spiro atoms. The lowest BCUT2D eigenvalue weighted by Gasteiger charge is -2.46. The first-order valence-electron chi connectivity index (χ1n) is 9.53. The van der Waals surface area contributed by atoms with Gasteiger partial charge in [-0.2, -0.15) is 0 Å². The summed E-state index contributed by atoms with van der Waals surface area (Å²) in [6, 6.07) is 0. The van der Waals surface area contributed by atoms with Crippen LogP contribution in [0.25, 0.3) is 0 Å². The molecule has 3 unspecified atom stereocenters. The first kappa shape index (κ1) is 18.9. The minimum Gasteiger partial charge on any atom is -0.388 e. The Morgan fingerprint density at radius 1 is 1.26 bits per heavy atom. The molecule has 3 atom stereocenters. The van der Waals surface area contributed by atoms with Gasteiger partial charge in [-0.15, -0.1) is 0 Å². The summed E-state index contributed by atoms with van der Waals surface area (Å²) in [5, 5.41) is 10.3. The van der Waals surface area contributed by atoms with Crippen molar-refractivity contribution in [2.75, 3.05) is 13.2 Å². The number of hydrogen-bond donors (Lipinski definition) is 1. The van der Waals surface area contributed by atoms with Gasteiger partial charge in [0.2, 0.25) is 0 Å². The molecule has 0 aromatic rings. The molecule has 0 aromatic heterocycles. The largest absolute Gasteiger partial charge is 0.388 e. The molecule has 0 radical (unpaired) electrons. The number of carbonyl (C=O) groups is 1. The number of hydrogen-bond acceptors (Lipinski definition) is 3. The maximum atomic E-state index is 12.4. The third kappa shape index (κ3) is 3.37. The van der Waals surface area contributed by atoms with Crippen molar-refractivity contribution < 1.29 is 14.6 Å². The fraction of sp³-hybridized carbons (Fsp3) is 0.950. The van der Waals surface area contributed by atoms with Crippen molar-refractivity contribution in [1.29, 1.82) is 0 Å². The minimum absolute atomic E-state index is 0.153. The van der Waals surface area contributed by atoms with E-state index in [1.165, 1.54) is 6.42 Å². The highest BCUT2D eigenvalue weighted by Crippen LogP contribution is 2.64. The van der Waals surface area contributed by atoms with E-state index in [1.54, 1.807) is 0 Å². The molecule has 3 nitrogen and oxygen atoms in total. The summed E-state index contributed by atoms with van der Waals surface area (Å²) >= 11 is 0. The van der Waals surface area contributed by atoms with Gasteiger partial charge in [-0.25, -0.2) is 0 Å². The highest BCUT2D eigenvalue weighted by Gasteiger charge is 2.59. The second-order valence-electron chi connectivity index (χ2n) is 8.72. The summed E-state index contributed by atoms with van der Waals surface area (Å²) in [5.74, 6) is 1.27. The average molecular weight is 325 g/mol. The minimum atomic E-state index is -0.679. The first-order valence-corrected chi connectivity index (χ1v) is 9.53. The fourth-order valence-electron chi connectivity index (χ4n) is 4.96. The molecule has 2 fully saturated rings. The Bertz CT molecular complexity index is 425. The number of Topliss-reactive ketones (excluding diaryl/α,β-unsaturated/α-hetero) is 1. The van der Waals surface area contributed by atoms with E-state index < -0.39 is 5.60 Å². The van der Waals surface area contributed by atoms with Crippen LogP contribution in [0.15, 0.2) is 0 Å². The van der Waals surface area contributed by atoms with Crippen LogP contribution in [0.3, 0.4) is 0 Å². The standard InChI is InChI=1S/C20H36O3/c1-6-20(22,7-2)14-23-12-10-15-13-16-17(21)9-8-11-19(16,5)18(15,3)4/h15-16,22H,6-14H2,1-5H3. The maximum absolute atomic E-state index is 12.4. The third-order valence-electron chi connectivity index (χ3n) is 7.59. The zero-order chi connectivity index (χ0) is 17.3. The molecular weight excluding hydrogens is 288 g/mol. The van der Waals surface area contributed by atoms with Gasteiger partial charge in [0.25, 0.3) is 0 Å². The summed E-state index contributed by atoms with van der Waals surface area (Å²) in [5.41, 5.74) is -0.343. The molecule has 2 aliphatic carbocycles. The number of carbonyl (C=O) groups excluding carboxylic acids is 1. The molecule has 0 amide bonds. The van der Waals surface area contributed by atoms with E-state index in [2.05, 4.69) is 20.8 Å². The number of rotatable bonds is 7. The third-order valence-corrected chi connectivity index (χ3v) is 7.59. The molecule has 23 heavy (non-hydrogen) atoms. The Labute approximate surface area is 142 Å². The Kier molecular flexibility index (Phi) is 5.62. The van der Waals surface area contributed by atoms with Crippen LogP contribution in [0.4, 0.5) is 0 Å². The van der Waals surface area contributed by atoms with E-state index in [0.717, 1.165) is 38.5 Å². The van der Waals surface area contributed by atoms with Crippen molar-refractivity contribution in [2.45, 2.75) is 85.2 Å². The zero-order valence-corrected chi connectivity index (χ0v) is 15.8. The monoisotopic (exact) mass is 324 g/mol. The molecule has 0 aromatic carbocycles. The van der Waals surface area contributed by atoms with E-state index in [4.69, 9.17) is 4.74 Å². The smallest absolute Gasteiger partial charge is 0.136 e. The Morgan fingerprint density at radius 2 is 1.91 bits per heavy atom. The number of fused-ring (bicyclic) bond motifs is 1. The molecule has 1 N–H and O–H groups in total. The predicted octanol–water partition coefficient (Wildman–Crippen LogP) is 4.37. The van der Waals surface area contributed by atoms with E-state index in [9.17, 15) is 9.90 Å². The van der Waals surface area contributed by atoms with Crippen LogP contribution in [0, 0.1) is 22.7 Å². The summed E-state index contributed by atoms with van der Waals surface area (Å²) in [4.78, 5) is 12.4. The Hall–Kier alpha value is -0.410. The van der Waals surface area contributed by atoms with Gasteiger partial charge in [-0.3, -0.25) is 4.79 Å². The summed E-state index contributed by atoms with van der Waals surface area (Å²) in [7, 11) is 0. The molecule has 3 heteroatoms. The zero-order valence-electron chi connectivity index (χ0n) is 15.8. The van der Waals surface area contributed by atoms with Crippen LogP contribution in [0.1, 0.15) is 79.6 Å². The Morgan fingerprint density at radius 3 is 2.48 bits per heavy atom. The lowest BCUT2D eigenvalue weighted by atomic mass is 9.58. The van der Waals surface area contributed by atoms with Gasteiger partial charge in [0.05, 0.1) is 12.2 Å². The molecular formula is C20H36O3. The van der Waals surface area contributed by atoms with Crippen LogP contribution in [-0.4, -0.2) is 29.7 Å². The normalized spacial score (nSPS) is 33.7. The summed E-state index contributed by atoms with van der Waals surface area (Å²) < 4.78 is 5.81. The molecule has 0 saturated heterocycles. The second-order valence-corrected chi connectivity index (χ2v) is 8.72. The highest BCUT2D eigenvalue weighted by atomic mass is 16.5. The Balaban J connectivity index is 1.92. The van der Waals surface area contributed by atoms with Crippen LogP contribution in [0.2, 0.25) is 0 Å². The van der Waals surface area contributed by atoms with Crippen LogP contribution in [0.5, 0.6) is 0 Å². The van der Waals surface area contributed by atoms with E-state index in [1.807, 2.05) is 13.8 Å². The fourth-order valence-corrected chi connectivity index (χ4v) is 4.96. The predicted molar refractivity (Wildman–Crippen MR) is 93.3 cm³/mol. The van der Waals surface area contributed by atoms with Crippen LogP contribution >= 0.6 is 0 Å². The number of ether oxygens (including phenoxy) is 1. The van der Waals surface area contributed by atoms with Gasteiger partial charge < -0.3 is 9.84 Å². The van der Waals surface area contributed by atoms with Gasteiger partial charge in [-0.1, -0.05) is 34.6 Å². The molecule has 134 valence electrons. The molecule has 0 heterocycles. The molecule has 2 saturated carbocycles. The lowest BCUT2D eigenvalue weighted by molar-refractivity contribution is -0.131. The summed E-state index contributed by atoms with van der Waals surface area (Å²) in [6.45, 7) is 12.2. The second kappa shape index (κ2) is 6.84. The van der Waals surface area contributed by atoms with E-state index in [-0.39, 0.29) is 16.7 Å². The van der Waals surface area contributed by atoms with Crippen molar-refractivity contribution in [1.82, 2.24) is 0 Å². The van der Waals surface area contributed by atoms with Gasteiger partial charge >= 0.3 is 0 Å². The SMILES string of the molecule is CCC(O)(CC)COCCC1CC2C(=O)CCCC2(C)C1(C)C.